The Hall–Kier alpha value is -3.46. The van der Waals surface area contributed by atoms with Crippen LogP contribution in [-0.4, -0.2) is 19.3 Å². The van der Waals surface area contributed by atoms with E-state index in [2.05, 4.69) is 15.3 Å². The molecule has 0 atom stereocenters. The molecule has 0 saturated carbocycles. The molecule has 0 radical (unpaired) electrons. The van der Waals surface area contributed by atoms with Gasteiger partial charge in [0, 0.05) is 24.2 Å². The summed E-state index contributed by atoms with van der Waals surface area (Å²) in [6, 6.07) is 13.5. The Morgan fingerprint density at radius 1 is 1.22 bits per heavy atom. The van der Waals surface area contributed by atoms with Crippen LogP contribution in [0, 0.1) is 10.1 Å². The molecule has 27 heavy (non-hydrogen) atoms. The third kappa shape index (κ3) is 3.72. The predicted octanol–water partition coefficient (Wildman–Crippen LogP) is 3.89. The molecule has 9 heteroatoms. The summed E-state index contributed by atoms with van der Waals surface area (Å²) in [5.74, 6) is 0.676. The van der Waals surface area contributed by atoms with Gasteiger partial charge in [-0.3, -0.25) is 0 Å². The maximum absolute atomic E-state index is 11.4. The van der Waals surface area contributed by atoms with E-state index in [-0.39, 0.29) is 11.6 Å². The highest BCUT2D eigenvalue weighted by Gasteiger charge is 2.23. The first-order valence-corrected chi connectivity index (χ1v) is 9.04. The SMILES string of the molecule is O=[N+]([O-])c1c(NCc2ccnc(OCc3ccccc3)c2)nc2sccn12. The molecule has 1 aromatic carbocycles. The Labute approximate surface area is 158 Å². The van der Waals surface area contributed by atoms with Gasteiger partial charge < -0.3 is 20.2 Å². The fraction of sp³-hybridized carbons (Fsp3) is 0.111. The van der Waals surface area contributed by atoms with Gasteiger partial charge in [-0.25, -0.2) is 4.98 Å². The second kappa shape index (κ2) is 7.42. The van der Waals surface area contributed by atoms with Crippen molar-refractivity contribution in [3.8, 4) is 5.88 Å². The van der Waals surface area contributed by atoms with Crippen molar-refractivity contribution >= 4 is 27.9 Å². The minimum Gasteiger partial charge on any atom is -0.473 e. The van der Waals surface area contributed by atoms with Crippen molar-refractivity contribution in [3.05, 3.63) is 81.5 Å². The summed E-state index contributed by atoms with van der Waals surface area (Å²) < 4.78 is 7.18. The Balaban J connectivity index is 1.45. The quantitative estimate of drug-likeness (QED) is 0.385. The van der Waals surface area contributed by atoms with Crippen LogP contribution in [0.1, 0.15) is 11.1 Å². The van der Waals surface area contributed by atoms with Crippen LogP contribution < -0.4 is 10.1 Å². The van der Waals surface area contributed by atoms with E-state index in [1.54, 1.807) is 23.8 Å². The molecule has 0 unspecified atom stereocenters. The number of nitrogens with zero attached hydrogens (tertiary/aromatic N) is 4. The molecule has 0 amide bonds. The minimum absolute atomic E-state index is 0.0687. The third-order valence-corrected chi connectivity index (χ3v) is 4.66. The van der Waals surface area contributed by atoms with Gasteiger partial charge in [-0.1, -0.05) is 41.7 Å². The number of aromatic nitrogens is 3. The minimum atomic E-state index is -0.435. The monoisotopic (exact) mass is 381 g/mol. The maximum atomic E-state index is 11.4. The fourth-order valence-corrected chi connectivity index (χ4v) is 3.33. The van der Waals surface area contributed by atoms with E-state index in [1.807, 2.05) is 36.4 Å². The normalized spacial score (nSPS) is 10.8. The summed E-state index contributed by atoms with van der Waals surface area (Å²) in [4.78, 5) is 20.0. The lowest BCUT2D eigenvalue weighted by Gasteiger charge is -2.08. The Bertz CT molecular complexity index is 1080. The third-order valence-electron chi connectivity index (χ3n) is 3.90. The van der Waals surface area contributed by atoms with Gasteiger partial charge in [-0.15, -0.1) is 0 Å². The Kier molecular flexibility index (Phi) is 4.67. The van der Waals surface area contributed by atoms with E-state index in [0.29, 0.717) is 24.0 Å². The lowest BCUT2D eigenvalue weighted by Crippen LogP contribution is -2.04. The molecule has 3 aromatic heterocycles. The first-order valence-electron chi connectivity index (χ1n) is 8.16. The van der Waals surface area contributed by atoms with Crippen molar-refractivity contribution in [2.75, 3.05) is 5.32 Å². The number of imidazole rings is 1. The first-order chi connectivity index (χ1) is 13.2. The number of benzene rings is 1. The smallest absolute Gasteiger partial charge is 0.372 e. The topological polar surface area (TPSA) is 94.6 Å². The highest BCUT2D eigenvalue weighted by atomic mass is 32.1. The average Bonchev–Trinajstić information content (AvgIpc) is 3.26. The van der Waals surface area contributed by atoms with Crippen LogP contribution in [0.2, 0.25) is 0 Å². The molecule has 1 N–H and O–H groups in total. The summed E-state index contributed by atoms with van der Waals surface area (Å²) in [5, 5.41) is 16.2. The van der Waals surface area contributed by atoms with Crippen LogP contribution in [-0.2, 0) is 13.2 Å². The Morgan fingerprint density at radius 2 is 2.07 bits per heavy atom. The van der Waals surface area contributed by atoms with Gasteiger partial charge in [0.25, 0.3) is 4.96 Å². The van der Waals surface area contributed by atoms with Crippen LogP contribution in [0.3, 0.4) is 0 Å². The zero-order chi connectivity index (χ0) is 18.6. The van der Waals surface area contributed by atoms with Crippen molar-refractivity contribution in [1.82, 2.24) is 14.4 Å². The molecule has 0 bridgehead atoms. The molecular weight excluding hydrogens is 366 g/mol. The molecule has 136 valence electrons. The highest BCUT2D eigenvalue weighted by Crippen LogP contribution is 2.28. The van der Waals surface area contributed by atoms with Gasteiger partial charge in [0.15, 0.2) is 0 Å². The van der Waals surface area contributed by atoms with Crippen molar-refractivity contribution in [1.29, 1.82) is 0 Å². The van der Waals surface area contributed by atoms with Crippen molar-refractivity contribution in [2.24, 2.45) is 0 Å². The molecule has 4 aromatic rings. The van der Waals surface area contributed by atoms with E-state index < -0.39 is 4.92 Å². The second-order valence-corrected chi connectivity index (χ2v) is 6.60. The van der Waals surface area contributed by atoms with Crippen LogP contribution in [0.25, 0.3) is 4.96 Å². The molecule has 0 aliphatic rings. The number of nitrogens with one attached hydrogen (secondary N) is 1. The second-order valence-electron chi connectivity index (χ2n) is 5.73. The van der Waals surface area contributed by atoms with Crippen molar-refractivity contribution in [3.63, 3.8) is 0 Å². The van der Waals surface area contributed by atoms with Gasteiger partial charge in [0.05, 0.1) is 0 Å². The summed E-state index contributed by atoms with van der Waals surface area (Å²) in [6.45, 7) is 0.795. The zero-order valence-corrected chi connectivity index (χ0v) is 14.9. The summed E-state index contributed by atoms with van der Waals surface area (Å²) in [7, 11) is 0. The standard InChI is InChI=1S/C18H15N5O3S/c24-23(25)17-16(21-18-22(17)8-9-27-18)20-11-14-6-7-19-15(10-14)26-12-13-4-2-1-3-5-13/h1-10,20H,11-12H2. The summed E-state index contributed by atoms with van der Waals surface area (Å²) >= 11 is 1.35. The zero-order valence-electron chi connectivity index (χ0n) is 14.1. The summed E-state index contributed by atoms with van der Waals surface area (Å²) in [5.41, 5.74) is 1.94. The Morgan fingerprint density at radius 3 is 2.89 bits per heavy atom. The lowest BCUT2D eigenvalue weighted by molar-refractivity contribution is -0.389. The van der Waals surface area contributed by atoms with E-state index in [4.69, 9.17) is 4.74 Å². The van der Waals surface area contributed by atoms with Crippen LogP contribution in [0.15, 0.2) is 60.2 Å². The number of hydrogen-bond acceptors (Lipinski definition) is 7. The molecule has 4 rings (SSSR count). The molecule has 0 saturated heterocycles. The van der Waals surface area contributed by atoms with Gasteiger partial charge in [-0.05, 0) is 22.1 Å². The van der Waals surface area contributed by atoms with E-state index >= 15 is 0 Å². The number of anilines is 1. The van der Waals surface area contributed by atoms with Crippen LogP contribution >= 0.6 is 11.3 Å². The molecule has 0 aliphatic carbocycles. The molecule has 0 fully saturated rings. The number of thiazole rings is 1. The maximum Gasteiger partial charge on any atom is 0.372 e. The van der Waals surface area contributed by atoms with E-state index in [9.17, 15) is 10.1 Å². The number of pyridine rings is 1. The van der Waals surface area contributed by atoms with E-state index in [0.717, 1.165) is 11.1 Å². The fourth-order valence-electron chi connectivity index (χ4n) is 2.62. The molecule has 0 aliphatic heterocycles. The van der Waals surface area contributed by atoms with Crippen LogP contribution in [0.5, 0.6) is 5.88 Å². The molecule has 3 heterocycles. The van der Waals surface area contributed by atoms with Gasteiger partial charge in [-0.2, -0.15) is 9.38 Å². The number of rotatable bonds is 7. The van der Waals surface area contributed by atoms with Crippen molar-refractivity contribution < 1.29 is 9.66 Å². The van der Waals surface area contributed by atoms with Gasteiger partial charge >= 0.3 is 5.82 Å². The predicted molar refractivity (Wildman–Crippen MR) is 102 cm³/mol. The number of hydrogen-bond donors (Lipinski definition) is 1. The lowest BCUT2D eigenvalue weighted by atomic mass is 10.2. The first kappa shape index (κ1) is 17.0. The molecule has 8 nitrogen and oxygen atoms in total. The van der Waals surface area contributed by atoms with Gasteiger partial charge in [0.2, 0.25) is 11.7 Å². The largest absolute Gasteiger partial charge is 0.473 e. The van der Waals surface area contributed by atoms with E-state index in [1.165, 1.54) is 15.7 Å². The highest BCUT2D eigenvalue weighted by molar-refractivity contribution is 7.15. The molecule has 0 spiro atoms. The number of fused-ring (bicyclic) bond motifs is 1. The van der Waals surface area contributed by atoms with Gasteiger partial charge in [0.1, 0.15) is 12.8 Å². The summed E-state index contributed by atoms with van der Waals surface area (Å²) in [6.07, 6.45) is 3.29. The number of nitro groups is 1. The van der Waals surface area contributed by atoms with Crippen LogP contribution in [0.4, 0.5) is 11.6 Å². The average molecular weight is 381 g/mol. The number of ether oxygens (including phenoxy) is 1. The molecular formula is C18H15N5O3S. The van der Waals surface area contributed by atoms with Crippen molar-refractivity contribution in [2.45, 2.75) is 13.2 Å².